The zero-order chi connectivity index (χ0) is 14.4. The number of anilines is 1. The van der Waals surface area contributed by atoms with Crippen LogP contribution in [0.25, 0.3) is 0 Å². The maximum absolute atomic E-state index is 12.2. The lowest BCUT2D eigenvalue weighted by Gasteiger charge is -2.12. The summed E-state index contributed by atoms with van der Waals surface area (Å²) in [7, 11) is -3.22. The molecular formula is C15H18N2O2S. The zero-order valence-electron chi connectivity index (χ0n) is 11.4. The van der Waals surface area contributed by atoms with Crippen LogP contribution in [-0.2, 0) is 16.4 Å². The highest BCUT2D eigenvalue weighted by atomic mass is 32.2. The molecule has 5 heteroatoms. The molecule has 1 aromatic heterocycles. The Morgan fingerprint density at radius 1 is 1.15 bits per heavy atom. The Balaban J connectivity index is 2.21. The minimum absolute atomic E-state index is 0.165. The molecule has 0 aliphatic carbocycles. The van der Waals surface area contributed by atoms with E-state index in [0.29, 0.717) is 23.5 Å². The SMILES string of the molecule is CCCS(=O)(=O)c1ccccc1NCc1cccnc1. The Labute approximate surface area is 119 Å². The molecule has 0 aliphatic rings. The van der Waals surface area contributed by atoms with Gasteiger partial charge in [0.1, 0.15) is 0 Å². The molecule has 20 heavy (non-hydrogen) atoms. The number of pyridine rings is 1. The number of nitrogens with zero attached hydrogens (tertiary/aromatic N) is 1. The highest BCUT2D eigenvalue weighted by molar-refractivity contribution is 7.91. The summed E-state index contributed by atoms with van der Waals surface area (Å²) in [5, 5.41) is 3.17. The van der Waals surface area contributed by atoms with Crippen molar-refractivity contribution in [1.29, 1.82) is 0 Å². The molecule has 0 fully saturated rings. The molecule has 106 valence electrons. The predicted octanol–water partition coefficient (Wildman–Crippen LogP) is 2.88. The van der Waals surface area contributed by atoms with Crippen molar-refractivity contribution in [2.45, 2.75) is 24.8 Å². The normalized spacial score (nSPS) is 11.2. The van der Waals surface area contributed by atoms with Gasteiger partial charge in [-0.2, -0.15) is 0 Å². The number of benzene rings is 1. The second-order valence-electron chi connectivity index (χ2n) is 4.53. The molecule has 2 aromatic rings. The van der Waals surface area contributed by atoms with Crippen LogP contribution in [0.3, 0.4) is 0 Å². The summed E-state index contributed by atoms with van der Waals surface area (Å²) in [5.74, 6) is 0.165. The number of hydrogen-bond donors (Lipinski definition) is 1. The van der Waals surface area contributed by atoms with Gasteiger partial charge in [-0.3, -0.25) is 4.98 Å². The molecule has 4 nitrogen and oxygen atoms in total. The summed E-state index contributed by atoms with van der Waals surface area (Å²) >= 11 is 0. The summed E-state index contributed by atoms with van der Waals surface area (Å²) in [6, 6.07) is 10.8. The van der Waals surface area contributed by atoms with Crippen LogP contribution in [0.1, 0.15) is 18.9 Å². The van der Waals surface area contributed by atoms with Gasteiger partial charge in [-0.1, -0.05) is 25.1 Å². The summed E-state index contributed by atoms with van der Waals surface area (Å²) in [6.07, 6.45) is 4.08. The Bertz CT molecular complexity index is 655. The van der Waals surface area contributed by atoms with Crippen molar-refractivity contribution in [2.24, 2.45) is 0 Å². The molecule has 0 aliphatic heterocycles. The minimum Gasteiger partial charge on any atom is -0.380 e. The van der Waals surface area contributed by atoms with E-state index in [1.807, 2.05) is 25.1 Å². The monoisotopic (exact) mass is 290 g/mol. The summed E-state index contributed by atoms with van der Waals surface area (Å²) in [5.41, 5.74) is 1.65. The lowest BCUT2D eigenvalue weighted by Crippen LogP contribution is -2.10. The van der Waals surface area contributed by atoms with Gasteiger partial charge in [0.25, 0.3) is 0 Å². The number of aromatic nitrogens is 1. The van der Waals surface area contributed by atoms with Crippen molar-refractivity contribution in [3.05, 3.63) is 54.4 Å². The first-order chi connectivity index (χ1) is 9.63. The van der Waals surface area contributed by atoms with Crippen LogP contribution >= 0.6 is 0 Å². The van der Waals surface area contributed by atoms with Gasteiger partial charge in [0.2, 0.25) is 0 Å². The van der Waals surface area contributed by atoms with Crippen molar-refractivity contribution < 1.29 is 8.42 Å². The van der Waals surface area contributed by atoms with Crippen LogP contribution in [-0.4, -0.2) is 19.2 Å². The molecule has 0 amide bonds. The second kappa shape index (κ2) is 6.52. The van der Waals surface area contributed by atoms with Gasteiger partial charge >= 0.3 is 0 Å². The van der Waals surface area contributed by atoms with E-state index in [1.54, 1.807) is 30.6 Å². The lowest BCUT2D eigenvalue weighted by atomic mass is 10.2. The fourth-order valence-electron chi connectivity index (χ4n) is 1.96. The molecule has 0 unspecified atom stereocenters. The number of rotatable bonds is 6. The average molecular weight is 290 g/mol. The van der Waals surface area contributed by atoms with Crippen LogP contribution in [0.15, 0.2) is 53.7 Å². The molecule has 1 aromatic carbocycles. The van der Waals surface area contributed by atoms with Crippen LogP contribution in [0, 0.1) is 0 Å². The maximum atomic E-state index is 12.2. The topological polar surface area (TPSA) is 59.1 Å². The zero-order valence-corrected chi connectivity index (χ0v) is 12.2. The Hall–Kier alpha value is -1.88. The molecule has 0 radical (unpaired) electrons. The van der Waals surface area contributed by atoms with Crippen molar-refractivity contribution in [3.63, 3.8) is 0 Å². The van der Waals surface area contributed by atoms with Crippen LogP contribution in [0.4, 0.5) is 5.69 Å². The number of para-hydroxylation sites is 1. The predicted molar refractivity (Wildman–Crippen MR) is 80.3 cm³/mol. The van der Waals surface area contributed by atoms with Crippen molar-refractivity contribution in [1.82, 2.24) is 4.98 Å². The van der Waals surface area contributed by atoms with E-state index >= 15 is 0 Å². The summed E-state index contributed by atoms with van der Waals surface area (Å²) in [4.78, 5) is 4.41. The largest absolute Gasteiger partial charge is 0.380 e. The Morgan fingerprint density at radius 3 is 2.65 bits per heavy atom. The summed E-state index contributed by atoms with van der Waals surface area (Å²) in [6.45, 7) is 2.41. The smallest absolute Gasteiger partial charge is 0.180 e. The average Bonchev–Trinajstić information content (AvgIpc) is 2.46. The van der Waals surface area contributed by atoms with Gasteiger partial charge in [0, 0.05) is 18.9 Å². The fourth-order valence-corrected chi connectivity index (χ4v) is 3.48. The molecule has 1 N–H and O–H groups in total. The van der Waals surface area contributed by atoms with Gasteiger partial charge in [-0.15, -0.1) is 0 Å². The van der Waals surface area contributed by atoms with Gasteiger partial charge in [-0.25, -0.2) is 8.42 Å². The number of hydrogen-bond acceptors (Lipinski definition) is 4. The van der Waals surface area contributed by atoms with E-state index < -0.39 is 9.84 Å². The Morgan fingerprint density at radius 2 is 1.95 bits per heavy atom. The van der Waals surface area contributed by atoms with Gasteiger partial charge < -0.3 is 5.32 Å². The molecule has 0 atom stereocenters. The van der Waals surface area contributed by atoms with Gasteiger partial charge in [0.15, 0.2) is 9.84 Å². The van der Waals surface area contributed by atoms with E-state index in [9.17, 15) is 8.42 Å². The standard InChI is InChI=1S/C15H18N2O2S/c1-2-10-20(18,19)15-8-4-3-7-14(15)17-12-13-6-5-9-16-11-13/h3-9,11,17H,2,10,12H2,1H3. The third-order valence-corrected chi connectivity index (χ3v) is 4.87. The highest BCUT2D eigenvalue weighted by Crippen LogP contribution is 2.23. The first-order valence-electron chi connectivity index (χ1n) is 6.58. The summed E-state index contributed by atoms with van der Waals surface area (Å²) < 4.78 is 24.4. The maximum Gasteiger partial charge on any atom is 0.180 e. The molecule has 0 spiro atoms. The number of sulfone groups is 1. The van der Waals surface area contributed by atoms with Crippen molar-refractivity contribution in [2.75, 3.05) is 11.1 Å². The third kappa shape index (κ3) is 3.57. The third-order valence-electron chi connectivity index (χ3n) is 2.90. The van der Waals surface area contributed by atoms with Gasteiger partial charge in [-0.05, 0) is 30.2 Å². The van der Waals surface area contributed by atoms with Crippen LogP contribution < -0.4 is 5.32 Å². The molecular weight excluding hydrogens is 272 g/mol. The molecule has 0 saturated carbocycles. The molecule has 0 bridgehead atoms. The van der Waals surface area contributed by atoms with E-state index in [-0.39, 0.29) is 5.75 Å². The van der Waals surface area contributed by atoms with E-state index in [2.05, 4.69) is 10.3 Å². The fraction of sp³-hybridized carbons (Fsp3) is 0.267. The van der Waals surface area contributed by atoms with Crippen LogP contribution in [0.2, 0.25) is 0 Å². The van der Waals surface area contributed by atoms with Crippen molar-refractivity contribution >= 4 is 15.5 Å². The highest BCUT2D eigenvalue weighted by Gasteiger charge is 2.16. The van der Waals surface area contributed by atoms with E-state index in [4.69, 9.17) is 0 Å². The van der Waals surface area contributed by atoms with Gasteiger partial charge in [0.05, 0.1) is 16.3 Å². The Kier molecular flexibility index (Phi) is 4.74. The second-order valence-corrected chi connectivity index (χ2v) is 6.61. The van der Waals surface area contributed by atoms with Crippen molar-refractivity contribution in [3.8, 4) is 0 Å². The quantitative estimate of drug-likeness (QED) is 0.888. The molecule has 0 saturated heterocycles. The van der Waals surface area contributed by atoms with Crippen LogP contribution in [0.5, 0.6) is 0 Å². The molecule has 2 rings (SSSR count). The minimum atomic E-state index is -3.22. The molecule has 1 heterocycles. The van der Waals surface area contributed by atoms with E-state index in [1.165, 1.54) is 0 Å². The lowest BCUT2D eigenvalue weighted by molar-refractivity contribution is 0.595. The van der Waals surface area contributed by atoms with E-state index in [0.717, 1.165) is 5.56 Å². The first-order valence-corrected chi connectivity index (χ1v) is 8.23. The first kappa shape index (κ1) is 14.5. The number of nitrogens with one attached hydrogen (secondary N) is 1.